The topological polar surface area (TPSA) is 89.4 Å². The van der Waals surface area contributed by atoms with Gasteiger partial charge in [-0.2, -0.15) is 4.57 Å². The van der Waals surface area contributed by atoms with E-state index in [0.717, 1.165) is 23.5 Å². The lowest BCUT2D eigenvalue weighted by molar-refractivity contribution is -0.688. The molecule has 1 aliphatic rings. The number of carboxylic acids is 1. The summed E-state index contributed by atoms with van der Waals surface area (Å²) in [5.41, 5.74) is 7.49. The Morgan fingerprint density at radius 1 is 0.787 bits per heavy atom. The first kappa shape index (κ1) is 29.7. The van der Waals surface area contributed by atoms with Gasteiger partial charge in [-0.3, -0.25) is 4.79 Å². The molecule has 0 saturated heterocycles. The summed E-state index contributed by atoms with van der Waals surface area (Å²) >= 11 is 0. The van der Waals surface area contributed by atoms with Crippen LogP contribution in [0.3, 0.4) is 0 Å². The Morgan fingerprint density at radius 2 is 1.47 bits per heavy atom. The first-order valence-electron chi connectivity index (χ1n) is 15.6. The minimum Gasteiger partial charge on any atom is -0.480 e. The third-order valence-electron chi connectivity index (χ3n) is 8.69. The Bertz CT molecular complexity index is 2100. The zero-order valence-electron chi connectivity index (χ0n) is 26.0. The number of amides is 1. The summed E-state index contributed by atoms with van der Waals surface area (Å²) in [4.78, 5) is 26.4. The Hall–Kier alpha value is -6.02. The molecule has 1 atom stereocenters. The predicted octanol–water partition coefficient (Wildman–Crippen LogP) is 5.75. The van der Waals surface area contributed by atoms with Gasteiger partial charge in [0.25, 0.3) is 5.91 Å². The van der Waals surface area contributed by atoms with Crippen LogP contribution in [0.15, 0.2) is 134 Å². The average Bonchev–Trinajstić information content (AvgIpc) is 3.09. The predicted molar refractivity (Wildman–Crippen MR) is 184 cm³/mol. The second-order valence-electron chi connectivity index (χ2n) is 11.9. The number of hydrogen-bond donors (Lipinski definition) is 3. The van der Waals surface area contributed by atoms with Crippen LogP contribution in [0.2, 0.25) is 0 Å². The summed E-state index contributed by atoms with van der Waals surface area (Å²) in [6.45, 7) is 1.72. The van der Waals surface area contributed by atoms with Crippen LogP contribution >= 0.6 is 0 Å². The zero-order valence-corrected chi connectivity index (χ0v) is 26.0. The number of likely N-dealkylation sites (N-methyl/N-ethyl adjacent to an activating group) is 1. The van der Waals surface area contributed by atoms with E-state index in [-0.39, 0.29) is 12.5 Å². The number of pyridine rings is 2. The summed E-state index contributed by atoms with van der Waals surface area (Å²) in [6, 6.07) is 36.3. The van der Waals surface area contributed by atoms with Gasteiger partial charge in [-0.25, -0.2) is 9.36 Å². The monoisotopic (exact) mass is 621 g/mol. The van der Waals surface area contributed by atoms with Crippen LogP contribution in [0.25, 0.3) is 21.9 Å². The van der Waals surface area contributed by atoms with Crippen LogP contribution in [0, 0.1) is 0 Å². The van der Waals surface area contributed by atoms with Crippen molar-refractivity contribution in [2.75, 3.05) is 29.1 Å². The number of benzene rings is 4. The number of rotatable bonds is 8. The van der Waals surface area contributed by atoms with Crippen LogP contribution in [0.5, 0.6) is 0 Å². The number of aromatic nitrogens is 2. The van der Waals surface area contributed by atoms with Crippen molar-refractivity contribution in [1.29, 1.82) is 0 Å². The molecule has 8 nitrogen and oxygen atoms in total. The van der Waals surface area contributed by atoms with E-state index < -0.39 is 12.0 Å². The fourth-order valence-electron chi connectivity index (χ4n) is 6.14. The molecule has 1 aliphatic heterocycles. The Labute approximate surface area is 273 Å². The van der Waals surface area contributed by atoms with Crippen molar-refractivity contribution in [2.24, 2.45) is 0 Å². The highest BCUT2D eigenvalue weighted by Gasteiger charge is 2.29. The lowest BCUT2D eigenvalue weighted by atomic mass is 10.0. The number of aliphatic carboxylic acids is 1. The molecule has 47 heavy (non-hydrogen) atoms. The number of fused-ring (bicyclic) bond motifs is 2. The number of nitrogens with one attached hydrogen (secondary N) is 2. The van der Waals surface area contributed by atoms with E-state index in [2.05, 4.69) is 105 Å². The maximum absolute atomic E-state index is 13.1. The Kier molecular flexibility index (Phi) is 8.06. The third kappa shape index (κ3) is 6.53. The number of anilines is 3. The highest BCUT2D eigenvalue weighted by Crippen LogP contribution is 2.31. The van der Waals surface area contributed by atoms with Crippen molar-refractivity contribution >= 4 is 39.7 Å². The van der Waals surface area contributed by atoms with Crippen LogP contribution in [0.4, 0.5) is 17.1 Å². The smallest absolute Gasteiger partial charge is 0.328 e. The fraction of sp³-hybridized carbons (Fsp3) is 0.128. The first-order valence-corrected chi connectivity index (χ1v) is 15.6. The molecule has 3 heterocycles. The molecule has 1 amide bonds. The van der Waals surface area contributed by atoms with Crippen molar-refractivity contribution in [3.8, 4) is 11.1 Å². The molecule has 7 rings (SSSR count). The largest absolute Gasteiger partial charge is 0.480 e. The summed E-state index contributed by atoms with van der Waals surface area (Å²) in [6.07, 6.45) is 8.17. The molecule has 3 N–H and O–H groups in total. The molecule has 0 radical (unpaired) electrons. The van der Waals surface area contributed by atoms with Gasteiger partial charge in [-0.05, 0) is 58.3 Å². The van der Waals surface area contributed by atoms with Crippen LogP contribution in [-0.2, 0) is 17.9 Å². The van der Waals surface area contributed by atoms with Crippen LogP contribution < -0.4 is 24.7 Å². The minimum atomic E-state index is -0.890. The maximum atomic E-state index is 13.1. The van der Waals surface area contributed by atoms with Crippen LogP contribution in [-0.4, -0.2) is 36.6 Å². The van der Waals surface area contributed by atoms with E-state index in [1.807, 2.05) is 30.6 Å². The molecule has 0 aliphatic carbocycles. The number of carboxylic acid groups (broad SMARTS) is 1. The van der Waals surface area contributed by atoms with Gasteiger partial charge in [0.15, 0.2) is 37.9 Å². The van der Waals surface area contributed by atoms with Gasteiger partial charge >= 0.3 is 5.97 Å². The Balaban J connectivity index is 1.00. The molecule has 0 bridgehead atoms. The normalized spacial score (nSPS) is 13.9. The second kappa shape index (κ2) is 12.8. The molecule has 2 aromatic heterocycles. The maximum Gasteiger partial charge on any atom is 0.328 e. The minimum absolute atomic E-state index is 0.234. The highest BCUT2D eigenvalue weighted by molar-refractivity contribution is 6.05. The van der Waals surface area contributed by atoms with Crippen molar-refractivity contribution in [3.63, 3.8) is 0 Å². The van der Waals surface area contributed by atoms with Crippen molar-refractivity contribution < 1.29 is 23.8 Å². The lowest BCUT2D eigenvalue weighted by Gasteiger charge is -2.34. The van der Waals surface area contributed by atoms with Gasteiger partial charge in [0.1, 0.15) is 11.7 Å². The highest BCUT2D eigenvalue weighted by atomic mass is 16.4. The summed E-state index contributed by atoms with van der Waals surface area (Å²) in [7, 11) is 1.75. The number of carbonyl (C=O) groups is 2. The van der Waals surface area contributed by atoms with Gasteiger partial charge in [0, 0.05) is 48.5 Å². The van der Waals surface area contributed by atoms with Crippen molar-refractivity contribution in [2.45, 2.75) is 19.1 Å². The molecule has 4 aromatic carbocycles. The first-order chi connectivity index (χ1) is 22.9. The van der Waals surface area contributed by atoms with E-state index in [4.69, 9.17) is 0 Å². The quantitative estimate of drug-likeness (QED) is 0.189. The summed E-state index contributed by atoms with van der Waals surface area (Å²) in [5, 5.41) is 18.0. The fourth-order valence-corrected chi connectivity index (χ4v) is 6.14. The van der Waals surface area contributed by atoms with E-state index in [1.165, 1.54) is 27.5 Å². The van der Waals surface area contributed by atoms with Crippen LogP contribution in [0.1, 0.15) is 21.5 Å². The van der Waals surface area contributed by atoms with Gasteiger partial charge in [0.05, 0.1) is 11.4 Å². The van der Waals surface area contributed by atoms with Gasteiger partial charge in [0.2, 0.25) is 0 Å². The zero-order chi connectivity index (χ0) is 32.3. The van der Waals surface area contributed by atoms with E-state index in [1.54, 1.807) is 30.1 Å². The average molecular weight is 622 g/mol. The second-order valence-corrected chi connectivity index (χ2v) is 11.9. The lowest BCUT2D eigenvalue weighted by Crippen LogP contribution is -2.46. The van der Waals surface area contributed by atoms with Crippen molar-refractivity contribution in [3.05, 3.63) is 151 Å². The molecular weight excluding hydrogens is 586 g/mol. The molecule has 0 fully saturated rings. The Morgan fingerprint density at radius 3 is 2.17 bits per heavy atom. The number of hydrogen-bond acceptors (Lipinski definition) is 4. The molecule has 0 saturated carbocycles. The molecule has 0 spiro atoms. The molecule has 8 heteroatoms. The standard InChI is InChI=1S/C39H33N5O3/c1-42-36-14-13-33(22-35(36)40-23-37(42)39(46)47)38(45)41-34-8-5-17-44(26-34)25-28-10-12-31-20-27(9-11-32(31)21-28)24-43-18-15-30(16-19-43)29-6-3-2-4-7-29/h2-22,26,37,40H,23-25H2,1H3/p+2. The van der Waals surface area contributed by atoms with Gasteiger partial charge in [-0.15, -0.1) is 0 Å². The summed E-state index contributed by atoms with van der Waals surface area (Å²) in [5.74, 6) is -1.12. The van der Waals surface area contributed by atoms with E-state index in [9.17, 15) is 14.7 Å². The van der Waals surface area contributed by atoms with Crippen molar-refractivity contribution in [1.82, 2.24) is 0 Å². The van der Waals surface area contributed by atoms with Gasteiger partial charge < -0.3 is 20.6 Å². The molecule has 232 valence electrons. The summed E-state index contributed by atoms with van der Waals surface area (Å²) < 4.78 is 4.25. The van der Waals surface area contributed by atoms with E-state index in [0.29, 0.717) is 17.8 Å². The number of carbonyl (C=O) groups excluding carboxylic acids is 1. The molecule has 1 unspecified atom stereocenters. The molecule has 6 aromatic rings. The number of nitrogens with zero attached hydrogens (tertiary/aromatic N) is 3. The molecular formula is C39H35N5O3+2. The SMILES string of the molecule is CN1c2ccc(C(=O)Nc3ccc[n+](Cc4ccc5cc(C[n+]6ccc(-c7ccccc7)cc6)ccc5c4)c3)cc2NCC1C(=O)O. The van der Waals surface area contributed by atoms with Gasteiger partial charge in [-0.1, -0.05) is 54.6 Å². The third-order valence-corrected chi connectivity index (χ3v) is 8.69. The van der Waals surface area contributed by atoms with E-state index >= 15 is 0 Å².